The van der Waals surface area contributed by atoms with Crippen LogP contribution in [0, 0.1) is 0 Å². The van der Waals surface area contributed by atoms with Crippen LogP contribution in [0.25, 0.3) is 0 Å². The fraction of sp³-hybridized carbons (Fsp3) is 0.615. The lowest BCUT2D eigenvalue weighted by atomic mass is 10.2. The molecule has 1 N–H and O–H groups in total. The molecule has 0 fully saturated rings. The fourth-order valence-corrected chi connectivity index (χ4v) is 2.36. The molecule has 0 spiro atoms. The first-order valence-electron chi connectivity index (χ1n) is 6.52. The third kappa shape index (κ3) is 3.41. The van der Waals surface area contributed by atoms with Crippen molar-refractivity contribution in [1.82, 2.24) is 14.9 Å². The summed E-state index contributed by atoms with van der Waals surface area (Å²) in [6.07, 6.45) is 4.54. The first-order chi connectivity index (χ1) is 9.08. The van der Waals surface area contributed by atoms with Crippen molar-refractivity contribution in [2.45, 2.75) is 19.3 Å². The molecule has 2 rings (SSSR count). The van der Waals surface area contributed by atoms with E-state index in [9.17, 15) is 4.79 Å². The Morgan fingerprint density at radius 1 is 1.32 bits per heavy atom. The molecule has 0 atom stereocenters. The van der Waals surface area contributed by atoms with Crippen molar-refractivity contribution in [2.24, 2.45) is 0 Å². The molecule has 0 aromatic carbocycles. The zero-order chi connectivity index (χ0) is 13.8. The molecular weight excluding hydrogens is 244 g/mol. The van der Waals surface area contributed by atoms with Gasteiger partial charge in [0.2, 0.25) is 0 Å². The monoisotopic (exact) mass is 264 g/mol. The van der Waals surface area contributed by atoms with Gasteiger partial charge in [0.05, 0.1) is 0 Å². The highest BCUT2D eigenvalue weighted by Crippen LogP contribution is 2.27. The molecule has 0 saturated carbocycles. The highest BCUT2D eigenvalue weighted by molar-refractivity contribution is 5.73. The molecule has 0 radical (unpaired) electrons. The van der Waals surface area contributed by atoms with Gasteiger partial charge in [-0.15, -0.1) is 0 Å². The van der Waals surface area contributed by atoms with Crippen LogP contribution in [0.2, 0.25) is 0 Å². The number of carboxylic acid groups (broad SMARTS) is 1. The number of hydrogen-bond donors (Lipinski definition) is 1. The maximum Gasteiger partial charge on any atom is 0.323 e. The largest absolute Gasteiger partial charge is 0.480 e. The van der Waals surface area contributed by atoms with E-state index in [4.69, 9.17) is 5.11 Å². The van der Waals surface area contributed by atoms with Gasteiger partial charge >= 0.3 is 5.97 Å². The van der Waals surface area contributed by atoms with Crippen LogP contribution in [0.3, 0.4) is 0 Å². The van der Waals surface area contributed by atoms with Crippen LogP contribution in [-0.4, -0.2) is 59.7 Å². The Labute approximate surface area is 113 Å². The molecule has 0 aliphatic heterocycles. The number of aliphatic carboxylic acids is 1. The summed E-state index contributed by atoms with van der Waals surface area (Å²) in [6, 6.07) is 0. The van der Waals surface area contributed by atoms with Gasteiger partial charge in [-0.3, -0.25) is 4.79 Å². The third-order valence-electron chi connectivity index (χ3n) is 3.29. The summed E-state index contributed by atoms with van der Waals surface area (Å²) >= 11 is 0. The minimum Gasteiger partial charge on any atom is -0.480 e. The van der Waals surface area contributed by atoms with Crippen LogP contribution < -0.4 is 4.90 Å². The number of aryl methyl sites for hydroxylation is 1. The molecule has 1 aromatic rings. The second-order valence-electron chi connectivity index (χ2n) is 5.09. The van der Waals surface area contributed by atoms with Crippen LogP contribution in [0.5, 0.6) is 0 Å². The molecule has 19 heavy (non-hydrogen) atoms. The van der Waals surface area contributed by atoms with E-state index in [2.05, 4.69) is 9.97 Å². The zero-order valence-electron chi connectivity index (χ0n) is 11.5. The summed E-state index contributed by atoms with van der Waals surface area (Å²) in [4.78, 5) is 23.5. The number of hydrogen-bond acceptors (Lipinski definition) is 5. The molecular formula is C13H20N4O2. The van der Waals surface area contributed by atoms with Gasteiger partial charge in [0.1, 0.15) is 18.7 Å². The van der Waals surface area contributed by atoms with Crippen molar-refractivity contribution < 1.29 is 9.90 Å². The Morgan fingerprint density at radius 2 is 2.11 bits per heavy atom. The standard InChI is InChI=1S/C13H20N4O2/c1-16(2)6-7-17(8-12(18)19)13-10-4-3-5-11(10)14-9-15-13/h9H,3-8H2,1-2H3,(H,18,19). The van der Waals surface area contributed by atoms with Gasteiger partial charge in [-0.2, -0.15) is 0 Å². The van der Waals surface area contributed by atoms with Crippen molar-refractivity contribution in [1.29, 1.82) is 0 Å². The highest BCUT2D eigenvalue weighted by atomic mass is 16.4. The van der Waals surface area contributed by atoms with Crippen LogP contribution in [0.4, 0.5) is 5.82 Å². The molecule has 1 aliphatic carbocycles. The Bertz CT molecular complexity index is 462. The Kier molecular flexibility index (Phi) is 4.31. The Morgan fingerprint density at radius 3 is 2.79 bits per heavy atom. The number of carbonyl (C=O) groups is 1. The zero-order valence-corrected chi connectivity index (χ0v) is 11.5. The van der Waals surface area contributed by atoms with E-state index in [1.54, 1.807) is 6.33 Å². The first-order valence-corrected chi connectivity index (χ1v) is 6.52. The van der Waals surface area contributed by atoms with E-state index in [0.717, 1.165) is 42.9 Å². The molecule has 0 unspecified atom stereocenters. The Balaban J connectivity index is 2.22. The molecule has 104 valence electrons. The van der Waals surface area contributed by atoms with Crippen LogP contribution in [0.1, 0.15) is 17.7 Å². The summed E-state index contributed by atoms with van der Waals surface area (Å²) < 4.78 is 0. The molecule has 1 aromatic heterocycles. The molecule has 0 saturated heterocycles. The predicted octanol–water partition coefficient (Wildman–Crippen LogP) is 0.418. The van der Waals surface area contributed by atoms with E-state index in [0.29, 0.717) is 6.54 Å². The third-order valence-corrected chi connectivity index (χ3v) is 3.29. The van der Waals surface area contributed by atoms with Gasteiger partial charge in [-0.05, 0) is 33.4 Å². The second-order valence-corrected chi connectivity index (χ2v) is 5.09. The summed E-state index contributed by atoms with van der Waals surface area (Å²) in [7, 11) is 3.95. The highest BCUT2D eigenvalue weighted by Gasteiger charge is 2.22. The summed E-state index contributed by atoms with van der Waals surface area (Å²) in [5.41, 5.74) is 2.20. The molecule has 6 nitrogen and oxygen atoms in total. The minimum absolute atomic E-state index is 0.0166. The second kappa shape index (κ2) is 5.97. The lowest BCUT2D eigenvalue weighted by molar-refractivity contribution is -0.135. The normalized spacial score (nSPS) is 13.6. The number of aromatic nitrogens is 2. The minimum atomic E-state index is -0.830. The number of carboxylic acids is 1. The van der Waals surface area contributed by atoms with Crippen molar-refractivity contribution in [3.05, 3.63) is 17.6 Å². The van der Waals surface area contributed by atoms with E-state index in [1.165, 1.54) is 0 Å². The number of rotatable bonds is 6. The van der Waals surface area contributed by atoms with Crippen molar-refractivity contribution in [3.63, 3.8) is 0 Å². The van der Waals surface area contributed by atoms with Crippen LogP contribution in [0.15, 0.2) is 6.33 Å². The van der Waals surface area contributed by atoms with Crippen LogP contribution >= 0.6 is 0 Å². The van der Waals surface area contributed by atoms with Gasteiger partial charge < -0.3 is 14.9 Å². The molecule has 0 amide bonds. The van der Waals surface area contributed by atoms with Crippen molar-refractivity contribution in [3.8, 4) is 0 Å². The Hall–Kier alpha value is -1.69. The lowest BCUT2D eigenvalue weighted by Gasteiger charge is -2.25. The maximum atomic E-state index is 11.0. The average Bonchev–Trinajstić information content (AvgIpc) is 2.81. The molecule has 1 heterocycles. The smallest absolute Gasteiger partial charge is 0.323 e. The van der Waals surface area contributed by atoms with Gasteiger partial charge in [0.25, 0.3) is 0 Å². The SMILES string of the molecule is CN(C)CCN(CC(=O)O)c1ncnc2c1CCC2. The number of anilines is 1. The van der Waals surface area contributed by atoms with Gasteiger partial charge in [0, 0.05) is 24.3 Å². The van der Waals surface area contributed by atoms with E-state index in [-0.39, 0.29) is 6.54 Å². The number of likely N-dealkylation sites (N-methyl/N-ethyl adjacent to an activating group) is 1. The molecule has 0 bridgehead atoms. The van der Waals surface area contributed by atoms with E-state index < -0.39 is 5.97 Å². The van der Waals surface area contributed by atoms with Crippen molar-refractivity contribution >= 4 is 11.8 Å². The summed E-state index contributed by atoms with van der Waals surface area (Å²) in [6.45, 7) is 1.44. The predicted molar refractivity (Wildman–Crippen MR) is 72.5 cm³/mol. The maximum absolute atomic E-state index is 11.0. The van der Waals surface area contributed by atoms with E-state index in [1.807, 2.05) is 23.9 Å². The molecule has 1 aliphatic rings. The lowest BCUT2D eigenvalue weighted by Crippen LogP contribution is -2.36. The first kappa shape index (κ1) is 13.7. The summed E-state index contributed by atoms with van der Waals surface area (Å²) in [5.74, 6) is -0.0316. The van der Waals surface area contributed by atoms with Gasteiger partial charge in [-0.1, -0.05) is 0 Å². The van der Waals surface area contributed by atoms with Crippen molar-refractivity contribution in [2.75, 3.05) is 38.6 Å². The van der Waals surface area contributed by atoms with Gasteiger partial charge in [-0.25, -0.2) is 9.97 Å². The number of nitrogens with zero attached hydrogens (tertiary/aromatic N) is 4. The van der Waals surface area contributed by atoms with Crippen LogP contribution in [-0.2, 0) is 17.6 Å². The topological polar surface area (TPSA) is 69.6 Å². The average molecular weight is 264 g/mol. The molecule has 6 heteroatoms. The van der Waals surface area contributed by atoms with E-state index >= 15 is 0 Å². The fourth-order valence-electron chi connectivity index (χ4n) is 2.36. The summed E-state index contributed by atoms with van der Waals surface area (Å²) in [5, 5.41) is 9.06. The quantitative estimate of drug-likeness (QED) is 0.803. The number of fused-ring (bicyclic) bond motifs is 1. The van der Waals surface area contributed by atoms with Gasteiger partial charge in [0.15, 0.2) is 0 Å².